The van der Waals surface area contributed by atoms with Crippen molar-refractivity contribution in [2.24, 2.45) is 0 Å². The van der Waals surface area contributed by atoms with Crippen LogP contribution >= 0.6 is 0 Å². The SMILES string of the molecule is COc1cccc2cc(/C=C/C(=O)NCc3nnc4ccccn34)oc12. The Morgan fingerprint density at radius 1 is 1.27 bits per heavy atom. The average molecular weight is 348 g/mol. The van der Waals surface area contributed by atoms with Gasteiger partial charge < -0.3 is 14.5 Å². The van der Waals surface area contributed by atoms with E-state index in [4.69, 9.17) is 9.15 Å². The Hall–Kier alpha value is -3.61. The molecule has 0 saturated heterocycles. The number of hydrogen-bond donors (Lipinski definition) is 1. The molecule has 3 aromatic heterocycles. The fourth-order valence-corrected chi connectivity index (χ4v) is 2.69. The van der Waals surface area contributed by atoms with Crippen molar-refractivity contribution >= 4 is 28.6 Å². The maximum atomic E-state index is 12.1. The summed E-state index contributed by atoms with van der Waals surface area (Å²) in [6.07, 6.45) is 4.90. The number of para-hydroxylation sites is 1. The molecule has 0 spiro atoms. The fraction of sp³-hybridized carbons (Fsp3) is 0.105. The van der Waals surface area contributed by atoms with Crippen molar-refractivity contribution in [1.29, 1.82) is 0 Å². The highest BCUT2D eigenvalue weighted by atomic mass is 16.5. The highest BCUT2D eigenvalue weighted by Crippen LogP contribution is 2.28. The number of benzene rings is 1. The van der Waals surface area contributed by atoms with Gasteiger partial charge in [0.25, 0.3) is 0 Å². The molecular weight excluding hydrogens is 332 g/mol. The summed E-state index contributed by atoms with van der Waals surface area (Å²) >= 11 is 0. The molecule has 0 atom stereocenters. The number of fused-ring (bicyclic) bond motifs is 2. The van der Waals surface area contributed by atoms with Crippen LogP contribution in [-0.2, 0) is 11.3 Å². The summed E-state index contributed by atoms with van der Waals surface area (Å²) in [5.41, 5.74) is 1.40. The summed E-state index contributed by atoms with van der Waals surface area (Å²) in [4.78, 5) is 12.1. The number of hydrogen-bond acceptors (Lipinski definition) is 5. The van der Waals surface area contributed by atoms with E-state index in [1.165, 1.54) is 6.08 Å². The summed E-state index contributed by atoms with van der Waals surface area (Å²) < 4.78 is 12.8. The van der Waals surface area contributed by atoms with Crippen molar-refractivity contribution in [3.05, 3.63) is 66.3 Å². The van der Waals surface area contributed by atoms with Crippen LogP contribution in [0.4, 0.5) is 0 Å². The largest absolute Gasteiger partial charge is 0.493 e. The van der Waals surface area contributed by atoms with Crippen molar-refractivity contribution in [2.45, 2.75) is 6.54 Å². The number of ether oxygens (including phenoxy) is 1. The Kier molecular flexibility index (Phi) is 4.10. The zero-order valence-corrected chi connectivity index (χ0v) is 14.0. The van der Waals surface area contributed by atoms with Crippen LogP contribution in [0.15, 0.2) is 59.2 Å². The molecule has 0 aliphatic carbocycles. The average Bonchev–Trinajstić information content (AvgIpc) is 3.28. The predicted molar refractivity (Wildman–Crippen MR) is 96.6 cm³/mol. The third-order valence-corrected chi connectivity index (χ3v) is 3.95. The van der Waals surface area contributed by atoms with Crippen LogP contribution in [0.1, 0.15) is 11.6 Å². The van der Waals surface area contributed by atoms with Crippen LogP contribution in [0.5, 0.6) is 5.75 Å². The quantitative estimate of drug-likeness (QED) is 0.561. The molecule has 0 aliphatic heterocycles. The molecule has 0 saturated carbocycles. The Labute approximate surface area is 148 Å². The molecule has 4 rings (SSSR count). The molecule has 0 aliphatic rings. The maximum absolute atomic E-state index is 12.1. The number of pyridine rings is 1. The number of carbonyl (C=O) groups is 1. The minimum atomic E-state index is -0.245. The van der Waals surface area contributed by atoms with Gasteiger partial charge in [0.15, 0.2) is 22.8 Å². The standard InChI is InChI=1S/C19H16N4O3/c1-25-15-6-4-5-13-11-14(26-19(13)15)8-9-18(24)20-12-17-22-21-16-7-2-3-10-23(16)17/h2-11H,12H2,1H3,(H,20,24)/b9-8+. The Morgan fingerprint density at radius 2 is 2.19 bits per heavy atom. The summed E-state index contributed by atoms with van der Waals surface area (Å²) in [6.45, 7) is 0.280. The second kappa shape index (κ2) is 6.72. The van der Waals surface area contributed by atoms with Crippen molar-refractivity contribution in [1.82, 2.24) is 19.9 Å². The van der Waals surface area contributed by atoms with Gasteiger partial charge in [-0.3, -0.25) is 9.20 Å². The van der Waals surface area contributed by atoms with E-state index < -0.39 is 0 Å². The van der Waals surface area contributed by atoms with E-state index in [1.54, 1.807) is 13.2 Å². The first-order valence-corrected chi connectivity index (χ1v) is 8.06. The van der Waals surface area contributed by atoms with Crippen LogP contribution in [0, 0.1) is 0 Å². The number of methoxy groups -OCH3 is 1. The van der Waals surface area contributed by atoms with Gasteiger partial charge in [0.1, 0.15) is 5.76 Å². The van der Waals surface area contributed by atoms with Crippen LogP contribution < -0.4 is 10.1 Å². The lowest BCUT2D eigenvalue weighted by Gasteiger charge is -2.00. The molecule has 7 nitrogen and oxygen atoms in total. The second-order valence-corrected chi connectivity index (χ2v) is 5.62. The van der Waals surface area contributed by atoms with Gasteiger partial charge in [-0.15, -0.1) is 10.2 Å². The highest BCUT2D eigenvalue weighted by Gasteiger charge is 2.08. The normalized spacial score (nSPS) is 11.4. The maximum Gasteiger partial charge on any atom is 0.244 e. The molecule has 0 bridgehead atoms. The van der Waals surface area contributed by atoms with Crippen LogP contribution in [0.3, 0.4) is 0 Å². The van der Waals surface area contributed by atoms with Crippen LogP contribution in [-0.4, -0.2) is 27.6 Å². The van der Waals surface area contributed by atoms with Crippen molar-refractivity contribution in [3.63, 3.8) is 0 Å². The van der Waals surface area contributed by atoms with Gasteiger partial charge in [0.2, 0.25) is 5.91 Å². The van der Waals surface area contributed by atoms with Crippen LogP contribution in [0.2, 0.25) is 0 Å². The molecule has 1 aromatic carbocycles. The number of nitrogens with zero attached hydrogens (tertiary/aromatic N) is 3. The number of carbonyl (C=O) groups excluding carboxylic acids is 1. The molecule has 0 unspecified atom stereocenters. The molecule has 0 radical (unpaired) electrons. The van der Waals surface area contributed by atoms with Gasteiger partial charge in [0, 0.05) is 17.7 Å². The number of amides is 1. The van der Waals surface area contributed by atoms with Gasteiger partial charge in [-0.2, -0.15) is 0 Å². The Balaban J connectivity index is 1.44. The number of nitrogens with one attached hydrogen (secondary N) is 1. The van der Waals surface area contributed by atoms with Crippen molar-refractivity contribution in [3.8, 4) is 5.75 Å². The van der Waals surface area contributed by atoms with Gasteiger partial charge in [-0.05, 0) is 30.3 Å². The summed E-state index contributed by atoms with van der Waals surface area (Å²) in [5, 5.41) is 11.8. The molecule has 3 heterocycles. The summed E-state index contributed by atoms with van der Waals surface area (Å²) in [7, 11) is 1.59. The summed E-state index contributed by atoms with van der Waals surface area (Å²) in [5.74, 6) is 1.65. The smallest absolute Gasteiger partial charge is 0.244 e. The minimum Gasteiger partial charge on any atom is -0.493 e. The predicted octanol–water partition coefficient (Wildman–Crippen LogP) is 2.81. The zero-order valence-electron chi connectivity index (χ0n) is 14.0. The van der Waals surface area contributed by atoms with E-state index in [-0.39, 0.29) is 12.5 Å². The fourth-order valence-electron chi connectivity index (χ4n) is 2.69. The molecular formula is C19H16N4O3. The molecule has 4 aromatic rings. The second-order valence-electron chi connectivity index (χ2n) is 5.62. The number of rotatable bonds is 5. The van der Waals surface area contributed by atoms with Gasteiger partial charge >= 0.3 is 0 Å². The first-order valence-electron chi connectivity index (χ1n) is 8.06. The molecule has 1 N–H and O–H groups in total. The van der Waals surface area contributed by atoms with E-state index in [0.29, 0.717) is 22.9 Å². The van der Waals surface area contributed by atoms with E-state index in [2.05, 4.69) is 15.5 Å². The topological polar surface area (TPSA) is 81.7 Å². The van der Waals surface area contributed by atoms with Crippen molar-refractivity contribution < 1.29 is 13.9 Å². The molecule has 130 valence electrons. The lowest BCUT2D eigenvalue weighted by atomic mass is 10.2. The minimum absolute atomic E-state index is 0.245. The van der Waals surface area contributed by atoms with E-state index in [0.717, 1.165) is 11.0 Å². The third-order valence-electron chi connectivity index (χ3n) is 3.95. The summed E-state index contributed by atoms with van der Waals surface area (Å²) in [6, 6.07) is 13.1. The van der Waals surface area contributed by atoms with Gasteiger partial charge in [0.05, 0.1) is 13.7 Å². The Morgan fingerprint density at radius 3 is 3.08 bits per heavy atom. The Bertz CT molecular complexity index is 1110. The third kappa shape index (κ3) is 3.02. The molecule has 26 heavy (non-hydrogen) atoms. The van der Waals surface area contributed by atoms with Gasteiger partial charge in [-0.25, -0.2) is 0 Å². The first kappa shape index (κ1) is 15.9. The van der Waals surface area contributed by atoms with Crippen molar-refractivity contribution in [2.75, 3.05) is 7.11 Å². The van der Waals surface area contributed by atoms with E-state index in [9.17, 15) is 4.79 Å². The lowest BCUT2D eigenvalue weighted by Crippen LogP contribution is -2.21. The van der Waals surface area contributed by atoms with Crippen LogP contribution in [0.25, 0.3) is 22.7 Å². The monoisotopic (exact) mass is 348 g/mol. The first-order chi connectivity index (χ1) is 12.7. The molecule has 7 heteroatoms. The zero-order chi connectivity index (χ0) is 17.9. The number of furan rings is 1. The highest BCUT2D eigenvalue weighted by molar-refractivity contribution is 5.92. The lowest BCUT2D eigenvalue weighted by molar-refractivity contribution is -0.116. The molecule has 0 fully saturated rings. The van der Waals surface area contributed by atoms with E-state index in [1.807, 2.05) is 53.1 Å². The van der Waals surface area contributed by atoms with E-state index >= 15 is 0 Å². The molecule has 1 amide bonds. The number of aromatic nitrogens is 3. The van der Waals surface area contributed by atoms with Gasteiger partial charge in [-0.1, -0.05) is 18.2 Å².